The minimum Gasteiger partial charge on any atom is -0.360 e. The van der Waals surface area contributed by atoms with Crippen molar-refractivity contribution in [3.8, 4) is 11.3 Å². The number of benzene rings is 1. The van der Waals surface area contributed by atoms with E-state index in [0.717, 1.165) is 0 Å². The maximum atomic E-state index is 12.4. The normalized spacial score (nSPS) is 10.4. The Morgan fingerprint density at radius 2 is 1.80 bits per heavy atom. The number of aryl methyl sites for hydroxylation is 1. The van der Waals surface area contributed by atoms with E-state index >= 15 is 0 Å². The summed E-state index contributed by atoms with van der Waals surface area (Å²) < 4.78 is 5.07. The molecule has 3 amide bonds. The molecule has 0 atom stereocenters. The van der Waals surface area contributed by atoms with Crippen molar-refractivity contribution >= 4 is 29.3 Å². The molecule has 25 heavy (non-hydrogen) atoms. The van der Waals surface area contributed by atoms with Crippen LogP contribution in [0.15, 0.2) is 28.8 Å². The van der Waals surface area contributed by atoms with Gasteiger partial charge in [0.25, 0.3) is 5.91 Å². The Labute approximate surface area is 148 Å². The molecule has 0 saturated carbocycles. The van der Waals surface area contributed by atoms with Gasteiger partial charge in [0, 0.05) is 11.6 Å². The van der Waals surface area contributed by atoms with Crippen LogP contribution in [-0.2, 0) is 9.59 Å². The molecule has 1 aromatic carbocycles. The third-order valence-electron chi connectivity index (χ3n) is 3.13. The van der Waals surface area contributed by atoms with Gasteiger partial charge in [0.2, 0.25) is 0 Å². The summed E-state index contributed by atoms with van der Waals surface area (Å²) in [6, 6.07) is 6.61. The summed E-state index contributed by atoms with van der Waals surface area (Å²) in [5.74, 6) is -2.29. The van der Waals surface area contributed by atoms with Crippen LogP contribution < -0.4 is 16.2 Å². The Morgan fingerprint density at radius 1 is 1.12 bits per heavy atom. The van der Waals surface area contributed by atoms with Gasteiger partial charge in [-0.05, 0) is 26.8 Å². The molecule has 0 radical (unpaired) electrons. The fourth-order valence-electron chi connectivity index (χ4n) is 2.04. The van der Waals surface area contributed by atoms with E-state index in [-0.39, 0.29) is 23.1 Å². The molecule has 3 N–H and O–H groups in total. The van der Waals surface area contributed by atoms with Gasteiger partial charge in [-0.2, -0.15) is 0 Å². The molecule has 132 valence electrons. The summed E-state index contributed by atoms with van der Waals surface area (Å²) in [7, 11) is 0. The van der Waals surface area contributed by atoms with Crippen molar-refractivity contribution in [3.05, 3.63) is 40.6 Å². The lowest BCUT2D eigenvalue weighted by Gasteiger charge is -2.10. The summed E-state index contributed by atoms with van der Waals surface area (Å²) in [5.41, 5.74) is 5.07. The highest BCUT2D eigenvalue weighted by Crippen LogP contribution is 2.30. The third kappa shape index (κ3) is 4.36. The minimum atomic E-state index is -0.990. The molecule has 0 unspecified atom stereocenters. The van der Waals surface area contributed by atoms with Crippen molar-refractivity contribution in [2.75, 3.05) is 0 Å². The molecule has 0 aliphatic heterocycles. The van der Waals surface area contributed by atoms with Crippen LogP contribution in [0.3, 0.4) is 0 Å². The van der Waals surface area contributed by atoms with Crippen LogP contribution in [0, 0.1) is 6.92 Å². The van der Waals surface area contributed by atoms with Gasteiger partial charge in [0.05, 0.1) is 5.02 Å². The smallest absolute Gasteiger partial charge is 0.327 e. The molecule has 0 aliphatic carbocycles. The molecule has 2 aromatic rings. The molecule has 0 aliphatic rings. The quantitative estimate of drug-likeness (QED) is 0.565. The monoisotopic (exact) mass is 364 g/mol. The van der Waals surface area contributed by atoms with Gasteiger partial charge in [-0.25, -0.2) is 0 Å². The summed E-state index contributed by atoms with van der Waals surface area (Å²) in [6.45, 7) is 4.97. The third-order valence-corrected chi connectivity index (χ3v) is 3.46. The van der Waals surface area contributed by atoms with E-state index < -0.39 is 17.7 Å². The van der Waals surface area contributed by atoms with Crippen LogP contribution in [0.1, 0.15) is 30.0 Å². The van der Waals surface area contributed by atoms with Crippen LogP contribution in [0.25, 0.3) is 11.3 Å². The molecule has 8 nitrogen and oxygen atoms in total. The van der Waals surface area contributed by atoms with E-state index in [9.17, 15) is 14.4 Å². The number of carbonyl (C=O) groups is 3. The van der Waals surface area contributed by atoms with Crippen LogP contribution in [0.2, 0.25) is 5.02 Å². The maximum Gasteiger partial charge on any atom is 0.327 e. The number of nitrogens with zero attached hydrogens (tertiary/aromatic N) is 1. The Balaban J connectivity index is 2.16. The van der Waals surface area contributed by atoms with Crippen molar-refractivity contribution in [1.82, 2.24) is 21.3 Å². The predicted molar refractivity (Wildman–Crippen MR) is 90.6 cm³/mol. The van der Waals surface area contributed by atoms with Crippen LogP contribution in [0.4, 0.5) is 0 Å². The van der Waals surface area contributed by atoms with Crippen LogP contribution >= 0.6 is 11.6 Å². The first-order valence-electron chi connectivity index (χ1n) is 7.43. The van der Waals surface area contributed by atoms with E-state index in [0.29, 0.717) is 10.6 Å². The van der Waals surface area contributed by atoms with Gasteiger partial charge in [-0.3, -0.25) is 25.2 Å². The number of rotatable bonds is 3. The Kier molecular flexibility index (Phi) is 5.76. The summed E-state index contributed by atoms with van der Waals surface area (Å²) in [4.78, 5) is 35.6. The molecule has 0 saturated heterocycles. The second-order valence-corrected chi connectivity index (χ2v) is 5.89. The summed E-state index contributed by atoms with van der Waals surface area (Å²) in [6.07, 6.45) is 0. The fourth-order valence-corrected chi connectivity index (χ4v) is 2.26. The lowest BCUT2D eigenvalue weighted by Crippen LogP contribution is -2.49. The summed E-state index contributed by atoms with van der Waals surface area (Å²) >= 11 is 6.13. The largest absolute Gasteiger partial charge is 0.360 e. The first-order valence-corrected chi connectivity index (χ1v) is 7.81. The molecule has 0 fully saturated rings. The Hall–Kier alpha value is -2.87. The van der Waals surface area contributed by atoms with Gasteiger partial charge in [-0.15, -0.1) is 0 Å². The second kappa shape index (κ2) is 7.80. The highest BCUT2D eigenvalue weighted by atomic mass is 35.5. The number of nitrogens with one attached hydrogen (secondary N) is 3. The van der Waals surface area contributed by atoms with E-state index in [4.69, 9.17) is 16.1 Å². The van der Waals surface area contributed by atoms with Gasteiger partial charge < -0.3 is 9.84 Å². The highest BCUT2D eigenvalue weighted by Gasteiger charge is 2.24. The van der Waals surface area contributed by atoms with Crippen molar-refractivity contribution in [3.63, 3.8) is 0 Å². The molecular weight excluding hydrogens is 348 g/mol. The van der Waals surface area contributed by atoms with Gasteiger partial charge in [-0.1, -0.05) is 35.0 Å². The Morgan fingerprint density at radius 3 is 2.44 bits per heavy atom. The second-order valence-electron chi connectivity index (χ2n) is 5.48. The van der Waals surface area contributed by atoms with E-state index in [1.165, 1.54) is 0 Å². The molecule has 0 spiro atoms. The molecule has 1 aromatic heterocycles. The van der Waals surface area contributed by atoms with Crippen molar-refractivity contribution < 1.29 is 18.9 Å². The molecule has 1 heterocycles. The zero-order valence-electron chi connectivity index (χ0n) is 13.8. The first kappa shape index (κ1) is 18.5. The number of aromatic nitrogens is 1. The van der Waals surface area contributed by atoms with Crippen molar-refractivity contribution in [2.24, 2.45) is 0 Å². The average molecular weight is 365 g/mol. The number of hydrazine groups is 1. The lowest BCUT2D eigenvalue weighted by molar-refractivity contribution is -0.139. The summed E-state index contributed by atoms with van der Waals surface area (Å²) in [5, 5.41) is 6.66. The topological polar surface area (TPSA) is 113 Å². The number of halogens is 1. The van der Waals surface area contributed by atoms with Crippen LogP contribution in [-0.4, -0.2) is 28.9 Å². The molecule has 0 bridgehead atoms. The van der Waals surface area contributed by atoms with Crippen molar-refractivity contribution in [2.45, 2.75) is 26.8 Å². The van der Waals surface area contributed by atoms with Gasteiger partial charge >= 0.3 is 11.8 Å². The predicted octanol–water partition coefficient (Wildman–Crippen LogP) is 1.59. The molecular formula is C16H17ClN4O4. The lowest BCUT2D eigenvalue weighted by atomic mass is 10.1. The first-order chi connectivity index (χ1) is 11.8. The van der Waals surface area contributed by atoms with Gasteiger partial charge in [0.15, 0.2) is 0 Å². The standard InChI is InChI=1S/C16H17ClN4O4/c1-8(2)18-15(23)16(24)20-19-14(22)12-9(3)25-21-13(12)10-6-4-5-7-11(10)17/h4-8H,1-3H3,(H,18,23)(H,19,22)(H,20,24). The number of carbonyl (C=O) groups excluding carboxylic acids is 3. The number of hydrogen-bond donors (Lipinski definition) is 3. The molecule has 9 heteroatoms. The Bertz CT molecular complexity index is 816. The SMILES string of the molecule is Cc1onc(-c2ccccc2Cl)c1C(=O)NNC(=O)C(=O)NC(C)C. The van der Waals surface area contributed by atoms with E-state index in [1.54, 1.807) is 45.0 Å². The number of hydrogen-bond acceptors (Lipinski definition) is 5. The van der Waals surface area contributed by atoms with Crippen molar-refractivity contribution in [1.29, 1.82) is 0 Å². The molecule has 2 rings (SSSR count). The highest BCUT2D eigenvalue weighted by molar-refractivity contribution is 6.35. The zero-order valence-corrected chi connectivity index (χ0v) is 14.6. The zero-order chi connectivity index (χ0) is 18.6. The maximum absolute atomic E-state index is 12.4. The minimum absolute atomic E-state index is 0.109. The van der Waals surface area contributed by atoms with Crippen LogP contribution in [0.5, 0.6) is 0 Å². The average Bonchev–Trinajstić information content (AvgIpc) is 2.93. The fraction of sp³-hybridized carbons (Fsp3) is 0.250. The van der Waals surface area contributed by atoms with E-state index in [2.05, 4.69) is 15.9 Å². The number of amides is 3. The van der Waals surface area contributed by atoms with E-state index in [1.807, 2.05) is 5.43 Å². The van der Waals surface area contributed by atoms with Gasteiger partial charge in [0.1, 0.15) is 17.0 Å².